The second-order valence-corrected chi connectivity index (χ2v) is 10.8. The highest BCUT2D eigenvalue weighted by atomic mass is 14.7. The molecule has 0 heterocycles. The lowest BCUT2D eigenvalue weighted by molar-refractivity contribution is 0.0895. The Labute approximate surface area is 199 Å². The van der Waals surface area contributed by atoms with E-state index in [0.717, 1.165) is 5.92 Å². The van der Waals surface area contributed by atoms with Gasteiger partial charge in [0.15, 0.2) is 0 Å². The summed E-state index contributed by atoms with van der Waals surface area (Å²) in [5, 5.41) is 2.74. The molecule has 1 spiro atoms. The largest absolute Gasteiger partial charge is 0.0620 e. The Morgan fingerprint density at radius 3 is 2.21 bits per heavy atom. The van der Waals surface area contributed by atoms with Crippen molar-refractivity contribution in [2.75, 3.05) is 0 Å². The first-order valence-electron chi connectivity index (χ1n) is 12.7. The van der Waals surface area contributed by atoms with E-state index in [4.69, 9.17) is 0 Å². The first-order valence-corrected chi connectivity index (χ1v) is 12.7. The van der Waals surface area contributed by atoms with Gasteiger partial charge in [0.2, 0.25) is 0 Å². The van der Waals surface area contributed by atoms with Gasteiger partial charge in [0.1, 0.15) is 0 Å². The van der Waals surface area contributed by atoms with Crippen LogP contribution in [-0.2, 0) is 11.8 Å². The van der Waals surface area contributed by atoms with E-state index in [1.54, 1.807) is 22.3 Å². The minimum absolute atomic E-state index is 0.0597. The Morgan fingerprint density at radius 2 is 1.26 bits per heavy atom. The molecule has 5 aromatic rings. The minimum atomic E-state index is -0.0597. The average Bonchev–Trinajstić information content (AvgIpc) is 3.45. The zero-order valence-corrected chi connectivity index (χ0v) is 18.9. The highest BCUT2D eigenvalue weighted by Gasteiger charge is 2.69. The lowest BCUT2D eigenvalue weighted by Crippen LogP contribution is -2.48. The Balaban J connectivity index is 1.43. The van der Waals surface area contributed by atoms with Gasteiger partial charge >= 0.3 is 0 Å². The summed E-state index contributed by atoms with van der Waals surface area (Å²) in [5.41, 5.74) is 12.3. The third-order valence-corrected chi connectivity index (χ3v) is 9.79. The fraction of sp³-hybridized carbons (Fsp3) is 0.176. The Morgan fingerprint density at radius 1 is 0.559 bits per heavy atom. The summed E-state index contributed by atoms with van der Waals surface area (Å²) in [6.07, 6.45) is 1.23. The molecule has 5 atom stereocenters. The zero-order chi connectivity index (χ0) is 22.0. The van der Waals surface area contributed by atoms with Crippen molar-refractivity contribution in [2.24, 2.45) is 11.8 Å². The van der Waals surface area contributed by atoms with Gasteiger partial charge in [-0.05, 0) is 85.4 Å². The zero-order valence-electron chi connectivity index (χ0n) is 18.9. The maximum atomic E-state index is 2.48. The van der Waals surface area contributed by atoms with E-state index in [1.165, 1.54) is 39.4 Å². The van der Waals surface area contributed by atoms with Gasteiger partial charge in [-0.2, -0.15) is 0 Å². The second-order valence-electron chi connectivity index (χ2n) is 10.8. The van der Waals surface area contributed by atoms with E-state index in [0.29, 0.717) is 17.8 Å². The van der Waals surface area contributed by atoms with Crippen molar-refractivity contribution in [3.8, 4) is 11.1 Å². The van der Waals surface area contributed by atoms with Gasteiger partial charge in [0.25, 0.3) is 0 Å². The molecule has 0 amide bonds. The number of hydrogen-bond donors (Lipinski definition) is 0. The van der Waals surface area contributed by atoms with Crippen LogP contribution in [0.15, 0.2) is 109 Å². The molecule has 0 bridgehead atoms. The molecule has 9 rings (SSSR count). The number of hydrogen-bond acceptors (Lipinski definition) is 0. The van der Waals surface area contributed by atoms with Crippen LogP contribution in [0, 0.1) is 11.8 Å². The highest BCUT2D eigenvalue weighted by Crippen LogP contribution is 2.77. The summed E-state index contributed by atoms with van der Waals surface area (Å²) < 4.78 is 0. The molecule has 0 saturated heterocycles. The molecule has 1 fully saturated rings. The van der Waals surface area contributed by atoms with Gasteiger partial charge in [-0.1, -0.05) is 109 Å². The summed E-state index contributed by atoms with van der Waals surface area (Å²) >= 11 is 0. The predicted octanol–water partition coefficient (Wildman–Crippen LogP) is 7.84. The Bertz CT molecular complexity index is 1670. The maximum Gasteiger partial charge on any atom is 0.0506 e. The summed E-state index contributed by atoms with van der Waals surface area (Å²) in [6.45, 7) is 0. The molecule has 0 radical (unpaired) electrons. The van der Waals surface area contributed by atoms with Crippen LogP contribution in [-0.4, -0.2) is 0 Å². The molecule has 0 nitrogen and oxygen atoms in total. The molecular formula is C34H24. The summed E-state index contributed by atoms with van der Waals surface area (Å²) in [4.78, 5) is 0. The number of rotatable bonds is 0. The second kappa shape index (κ2) is 5.88. The van der Waals surface area contributed by atoms with Gasteiger partial charge < -0.3 is 0 Å². The molecule has 0 heteroatoms. The van der Waals surface area contributed by atoms with Crippen LogP contribution >= 0.6 is 0 Å². The summed E-state index contributed by atoms with van der Waals surface area (Å²) in [6, 6.07) is 41.9. The van der Waals surface area contributed by atoms with Crippen molar-refractivity contribution in [2.45, 2.75) is 23.7 Å². The minimum Gasteiger partial charge on any atom is -0.0620 e. The molecule has 34 heavy (non-hydrogen) atoms. The smallest absolute Gasteiger partial charge is 0.0506 e. The Kier molecular flexibility index (Phi) is 3.08. The van der Waals surface area contributed by atoms with E-state index in [-0.39, 0.29) is 5.41 Å². The van der Waals surface area contributed by atoms with E-state index >= 15 is 0 Å². The Hall–Kier alpha value is -3.64. The third-order valence-electron chi connectivity index (χ3n) is 9.79. The molecule has 5 aromatic carbocycles. The van der Waals surface area contributed by atoms with Gasteiger partial charge in [0.05, 0.1) is 5.41 Å². The van der Waals surface area contributed by atoms with Crippen LogP contribution in [0.2, 0.25) is 0 Å². The summed E-state index contributed by atoms with van der Waals surface area (Å²) in [5.74, 6) is 2.60. The SMILES string of the molecule is c1ccc2c(c1)CC1[C@H]3c4ccccc4C4(c5ccccc5-c5c4ccc4ccccc54)[C@H]3[C@@H]21. The van der Waals surface area contributed by atoms with Crippen LogP contribution < -0.4 is 0 Å². The van der Waals surface area contributed by atoms with Gasteiger partial charge in [-0.25, -0.2) is 0 Å². The van der Waals surface area contributed by atoms with Gasteiger partial charge in [-0.3, -0.25) is 0 Å². The molecular weight excluding hydrogens is 408 g/mol. The molecule has 0 aliphatic heterocycles. The first-order chi connectivity index (χ1) is 16.9. The molecule has 4 aliphatic rings. The number of fused-ring (bicyclic) bond motifs is 17. The average molecular weight is 433 g/mol. The number of benzene rings is 5. The molecule has 0 aromatic heterocycles. The van der Waals surface area contributed by atoms with Crippen LogP contribution in [0.25, 0.3) is 21.9 Å². The van der Waals surface area contributed by atoms with Crippen LogP contribution in [0.3, 0.4) is 0 Å². The topological polar surface area (TPSA) is 0 Å². The van der Waals surface area contributed by atoms with Gasteiger partial charge in [0, 0.05) is 0 Å². The highest BCUT2D eigenvalue weighted by molar-refractivity contribution is 6.03. The molecule has 1 saturated carbocycles. The third kappa shape index (κ3) is 1.78. The van der Waals surface area contributed by atoms with Crippen molar-refractivity contribution in [1.82, 2.24) is 0 Å². The van der Waals surface area contributed by atoms with Crippen LogP contribution in [0.5, 0.6) is 0 Å². The van der Waals surface area contributed by atoms with Crippen molar-refractivity contribution in [1.29, 1.82) is 0 Å². The van der Waals surface area contributed by atoms with Crippen LogP contribution in [0.4, 0.5) is 0 Å². The van der Waals surface area contributed by atoms with Crippen molar-refractivity contribution in [3.63, 3.8) is 0 Å². The molecule has 0 N–H and O–H groups in total. The fourth-order valence-electron chi connectivity index (χ4n) is 8.83. The quantitative estimate of drug-likeness (QED) is 0.234. The van der Waals surface area contributed by atoms with Gasteiger partial charge in [-0.15, -0.1) is 0 Å². The maximum absolute atomic E-state index is 2.48. The predicted molar refractivity (Wildman–Crippen MR) is 138 cm³/mol. The first kappa shape index (κ1) is 17.8. The normalized spacial score (nSPS) is 28.6. The molecule has 2 unspecified atom stereocenters. The van der Waals surface area contributed by atoms with E-state index in [9.17, 15) is 0 Å². The lowest BCUT2D eigenvalue weighted by Gasteiger charge is -2.53. The monoisotopic (exact) mass is 432 g/mol. The van der Waals surface area contributed by atoms with Crippen molar-refractivity contribution in [3.05, 3.63) is 143 Å². The molecule has 160 valence electrons. The van der Waals surface area contributed by atoms with Crippen molar-refractivity contribution >= 4 is 10.8 Å². The van der Waals surface area contributed by atoms with E-state index in [2.05, 4.69) is 109 Å². The van der Waals surface area contributed by atoms with Crippen molar-refractivity contribution < 1.29 is 0 Å². The summed E-state index contributed by atoms with van der Waals surface area (Å²) in [7, 11) is 0. The van der Waals surface area contributed by atoms with E-state index < -0.39 is 0 Å². The van der Waals surface area contributed by atoms with Crippen LogP contribution in [0.1, 0.15) is 45.2 Å². The standard InChI is InChI=1S/C34H24/c1-3-11-22-20(9-1)17-18-29-30(22)24-13-5-7-15-27(24)34(29)28-16-8-6-14-25(28)32-26-19-21-10-2-4-12-23(21)31(26)33(32)34/h1-18,26,31-33H,19H2/t26?,31-,32+,33-,34?/m0/s1. The molecule has 4 aliphatic carbocycles. The fourth-order valence-corrected chi connectivity index (χ4v) is 8.83. The van der Waals surface area contributed by atoms with E-state index in [1.807, 2.05) is 0 Å². The lowest BCUT2D eigenvalue weighted by atomic mass is 9.49.